The van der Waals surface area contributed by atoms with Gasteiger partial charge >= 0.3 is 5.97 Å². The van der Waals surface area contributed by atoms with Crippen molar-refractivity contribution in [1.29, 1.82) is 0 Å². The molecule has 0 aromatic rings. The number of carbonyl (C=O) groups excluding carboxylic acids is 1. The summed E-state index contributed by atoms with van der Waals surface area (Å²) in [6.07, 6.45) is -1.31. The summed E-state index contributed by atoms with van der Waals surface area (Å²) in [7, 11) is 0. The Morgan fingerprint density at radius 1 is 1.50 bits per heavy atom. The van der Waals surface area contributed by atoms with Crippen molar-refractivity contribution < 1.29 is 29.4 Å². The van der Waals surface area contributed by atoms with Gasteiger partial charge in [0.05, 0.1) is 19.3 Å². The van der Waals surface area contributed by atoms with Crippen LogP contribution in [0.1, 0.15) is 6.42 Å². The number of rotatable bonds is 3. The van der Waals surface area contributed by atoms with E-state index in [1.54, 1.807) is 0 Å². The van der Waals surface area contributed by atoms with Gasteiger partial charge in [-0.3, -0.25) is 4.79 Å². The van der Waals surface area contributed by atoms with Gasteiger partial charge in [-0.05, 0) is 0 Å². The smallest absolute Gasteiger partial charge is 0.353 e. The molecule has 0 spiro atoms. The fraction of sp³-hybridized carbons (Fsp3) is 0.700. The van der Waals surface area contributed by atoms with Gasteiger partial charge in [0.25, 0.3) is 5.91 Å². The predicted molar refractivity (Wildman–Crippen MR) is 58.0 cm³/mol. The number of aliphatic hydroxyl groups is 1. The number of aliphatic carboxylic acids is 1. The van der Waals surface area contributed by atoms with Gasteiger partial charge in [0, 0.05) is 19.5 Å². The molecule has 0 radical (unpaired) electrons. The van der Waals surface area contributed by atoms with Crippen LogP contribution < -0.4 is 0 Å². The highest BCUT2D eigenvalue weighted by molar-refractivity contribution is 6.36. The summed E-state index contributed by atoms with van der Waals surface area (Å²) in [6, 6.07) is 0. The van der Waals surface area contributed by atoms with E-state index >= 15 is 0 Å². The van der Waals surface area contributed by atoms with Crippen molar-refractivity contribution in [3.63, 3.8) is 0 Å². The Kier molecular flexibility index (Phi) is 3.78. The molecule has 0 aliphatic carbocycles. The van der Waals surface area contributed by atoms with Crippen molar-refractivity contribution in [2.45, 2.75) is 18.6 Å². The highest BCUT2D eigenvalue weighted by atomic mass is 16.6. The quantitative estimate of drug-likeness (QED) is 0.633. The third-order valence-corrected chi connectivity index (χ3v) is 2.85. The highest BCUT2D eigenvalue weighted by Gasteiger charge is 2.36. The van der Waals surface area contributed by atoms with Crippen LogP contribution in [0.5, 0.6) is 0 Å². The number of hydrogen-bond acceptors (Lipinski definition) is 6. The maximum atomic E-state index is 12.0. The average Bonchev–Trinajstić information content (AvgIpc) is 2.87. The van der Waals surface area contributed by atoms with Gasteiger partial charge in [0.1, 0.15) is 0 Å². The summed E-state index contributed by atoms with van der Waals surface area (Å²) in [5, 5.41) is 21.1. The first kappa shape index (κ1) is 12.8. The molecular weight excluding hydrogens is 244 g/mol. The Hall–Kier alpha value is -1.67. The van der Waals surface area contributed by atoms with Crippen LogP contribution in [-0.2, 0) is 19.2 Å². The van der Waals surface area contributed by atoms with Crippen LogP contribution in [0, 0.1) is 0 Å². The summed E-state index contributed by atoms with van der Waals surface area (Å²) in [5.41, 5.74) is -0.152. The molecule has 0 aromatic heterocycles. The minimum atomic E-state index is -1.18. The topological polar surface area (TPSA) is 109 Å². The van der Waals surface area contributed by atoms with E-state index in [-0.39, 0.29) is 31.2 Å². The first-order chi connectivity index (χ1) is 8.61. The van der Waals surface area contributed by atoms with Crippen LogP contribution in [-0.4, -0.2) is 71.2 Å². The molecule has 8 heteroatoms. The first-order valence-corrected chi connectivity index (χ1v) is 5.59. The molecule has 2 unspecified atom stereocenters. The first-order valence-electron chi connectivity index (χ1n) is 5.59. The Bertz CT molecular complexity index is 383. The molecule has 2 aliphatic heterocycles. The van der Waals surface area contributed by atoms with Crippen LogP contribution in [0.4, 0.5) is 0 Å². The second-order valence-corrected chi connectivity index (χ2v) is 4.10. The Morgan fingerprint density at radius 3 is 2.89 bits per heavy atom. The number of carboxylic acids is 1. The van der Waals surface area contributed by atoms with Crippen molar-refractivity contribution in [1.82, 2.24) is 4.90 Å². The largest absolute Gasteiger partial charge is 0.477 e. The van der Waals surface area contributed by atoms with Gasteiger partial charge in [-0.15, -0.1) is 0 Å². The van der Waals surface area contributed by atoms with Crippen LogP contribution in [0.25, 0.3) is 0 Å². The highest BCUT2D eigenvalue weighted by Crippen LogP contribution is 2.15. The monoisotopic (exact) mass is 258 g/mol. The maximum Gasteiger partial charge on any atom is 0.353 e. The summed E-state index contributed by atoms with van der Waals surface area (Å²) in [4.78, 5) is 29.0. The van der Waals surface area contributed by atoms with E-state index < -0.39 is 18.2 Å². The number of morpholine rings is 1. The maximum absolute atomic E-state index is 12.0. The van der Waals surface area contributed by atoms with Gasteiger partial charge in [0.15, 0.2) is 5.71 Å². The SMILES string of the molecule is O=C(O)C1=NOC(C(=O)N2CCOC(CO)C2)C1. The van der Waals surface area contributed by atoms with Crippen LogP contribution >= 0.6 is 0 Å². The Morgan fingerprint density at radius 2 is 2.28 bits per heavy atom. The summed E-state index contributed by atoms with van der Waals surface area (Å²) in [6.45, 7) is 0.859. The third kappa shape index (κ3) is 2.59. The molecule has 8 nitrogen and oxygen atoms in total. The lowest BCUT2D eigenvalue weighted by atomic mass is 10.1. The van der Waals surface area contributed by atoms with E-state index in [0.29, 0.717) is 13.2 Å². The molecule has 0 bridgehead atoms. The number of carbonyl (C=O) groups is 2. The van der Waals surface area contributed by atoms with Gasteiger partial charge in [-0.2, -0.15) is 0 Å². The lowest BCUT2D eigenvalue weighted by Gasteiger charge is -2.32. The minimum Gasteiger partial charge on any atom is -0.477 e. The lowest BCUT2D eigenvalue weighted by Crippen LogP contribution is -2.50. The van der Waals surface area contributed by atoms with Gasteiger partial charge < -0.3 is 24.7 Å². The fourth-order valence-corrected chi connectivity index (χ4v) is 1.87. The molecular formula is C10H14N2O6. The molecule has 2 rings (SSSR count). The zero-order valence-corrected chi connectivity index (χ0v) is 9.61. The van der Waals surface area contributed by atoms with E-state index in [1.807, 2.05) is 0 Å². The normalized spacial score (nSPS) is 27.6. The number of hydrogen-bond donors (Lipinski definition) is 2. The van der Waals surface area contributed by atoms with Crippen molar-refractivity contribution in [3.8, 4) is 0 Å². The lowest BCUT2D eigenvalue weighted by molar-refractivity contribution is -0.150. The Labute approximate surface area is 103 Å². The van der Waals surface area contributed by atoms with Crippen LogP contribution in [0.3, 0.4) is 0 Å². The molecule has 1 amide bonds. The van der Waals surface area contributed by atoms with E-state index in [2.05, 4.69) is 5.16 Å². The number of ether oxygens (including phenoxy) is 1. The molecule has 18 heavy (non-hydrogen) atoms. The second kappa shape index (κ2) is 5.32. The standard InChI is InChI=1S/C10H14N2O6/c13-5-6-4-12(1-2-17-6)9(14)8-3-7(10(15)16)11-18-8/h6,8,13H,1-5H2,(H,15,16). The van der Waals surface area contributed by atoms with Crippen molar-refractivity contribution in [2.75, 3.05) is 26.3 Å². The molecule has 0 aromatic carbocycles. The number of aliphatic hydroxyl groups excluding tert-OH is 1. The van der Waals surface area contributed by atoms with E-state index in [0.717, 1.165) is 0 Å². The Balaban J connectivity index is 1.91. The van der Waals surface area contributed by atoms with Crippen molar-refractivity contribution in [2.24, 2.45) is 5.16 Å². The molecule has 2 N–H and O–H groups in total. The number of amides is 1. The zero-order valence-electron chi connectivity index (χ0n) is 9.61. The van der Waals surface area contributed by atoms with Gasteiger partial charge in [0.2, 0.25) is 6.10 Å². The predicted octanol–water partition coefficient (Wildman–Crippen LogP) is -1.56. The zero-order chi connectivity index (χ0) is 13.1. The van der Waals surface area contributed by atoms with Crippen LogP contribution in [0.2, 0.25) is 0 Å². The number of carboxylic acid groups (broad SMARTS) is 1. The molecule has 2 aliphatic rings. The molecule has 1 fully saturated rings. The molecule has 2 heterocycles. The number of oxime groups is 1. The van der Waals surface area contributed by atoms with E-state index in [1.165, 1.54) is 4.90 Å². The van der Waals surface area contributed by atoms with Crippen LogP contribution in [0.15, 0.2) is 5.16 Å². The van der Waals surface area contributed by atoms with Gasteiger partial charge in [-0.25, -0.2) is 4.79 Å². The minimum absolute atomic E-state index is 0.0324. The molecule has 1 saturated heterocycles. The fourth-order valence-electron chi connectivity index (χ4n) is 1.87. The van der Waals surface area contributed by atoms with Crippen molar-refractivity contribution in [3.05, 3.63) is 0 Å². The van der Waals surface area contributed by atoms with E-state index in [9.17, 15) is 9.59 Å². The van der Waals surface area contributed by atoms with E-state index in [4.69, 9.17) is 19.8 Å². The molecule has 100 valence electrons. The molecule has 2 atom stereocenters. The average molecular weight is 258 g/mol. The van der Waals surface area contributed by atoms with Crippen molar-refractivity contribution >= 4 is 17.6 Å². The summed E-state index contributed by atoms with van der Waals surface area (Å²) in [5.74, 6) is -1.50. The third-order valence-electron chi connectivity index (χ3n) is 2.85. The molecule has 0 saturated carbocycles. The number of nitrogens with zero attached hydrogens (tertiary/aromatic N) is 2. The summed E-state index contributed by atoms with van der Waals surface area (Å²) < 4.78 is 5.22. The second-order valence-electron chi connectivity index (χ2n) is 4.10. The van der Waals surface area contributed by atoms with Gasteiger partial charge in [-0.1, -0.05) is 5.16 Å². The summed E-state index contributed by atoms with van der Waals surface area (Å²) >= 11 is 0.